The van der Waals surface area contributed by atoms with E-state index in [0.717, 1.165) is 22.0 Å². The minimum absolute atomic E-state index is 0.0174. The van der Waals surface area contributed by atoms with Crippen LogP contribution in [0.15, 0.2) is 87.1 Å². The van der Waals surface area contributed by atoms with Crippen LogP contribution in [0.2, 0.25) is 10.0 Å². The Morgan fingerprint density at radius 3 is 2.72 bits per heavy atom. The molecule has 8 nitrogen and oxygen atoms in total. The van der Waals surface area contributed by atoms with Crippen LogP contribution < -0.4 is 16.0 Å². The zero-order chi connectivity index (χ0) is 27.5. The monoisotopic (exact) mass is 595 g/mol. The summed E-state index contributed by atoms with van der Waals surface area (Å²) < 4.78 is 6.61. The fraction of sp³-hybridized carbons (Fsp3) is 0.111. The van der Waals surface area contributed by atoms with Crippen LogP contribution in [0.3, 0.4) is 0 Å². The lowest BCUT2D eigenvalue weighted by Crippen LogP contribution is -2.31. The van der Waals surface area contributed by atoms with Crippen molar-refractivity contribution in [2.75, 3.05) is 16.4 Å². The van der Waals surface area contributed by atoms with Crippen molar-refractivity contribution in [1.82, 2.24) is 10.3 Å². The largest absolute Gasteiger partial charge is 0.468 e. The fourth-order valence-corrected chi connectivity index (χ4v) is 6.30. The summed E-state index contributed by atoms with van der Waals surface area (Å²) >= 11 is 14.8. The highest BCUT2D eigenvalue weighted by molar-refractivity contribution is 8.03. The van der Waals surface area contributed by atoms with Gasteiger partial charge in [-0.2, -0.15) is 5.26 Å². The molecule has 0 spiro atoms. The smallest absolute Gasteiger partial charge is 0.254 e. The first-order valence-corrected chi connectivity index (χ1v) is 14.1. The lowest BCUT2D eigenvalue weighted by molar-refractivity contribution is -0.114. The number of para-hydroxylation sites is 1. The zero-order valence-electron chi connectivity index (χ0n) is 20.2. The van der Waals surface area contributed by atoms with Gasteiger partial charge in [0.2, 0.25) is 5.91 Å². The third-order valence-corrected chi connectivity index (χ3v) is 8.30. The number of fused-ring (bicyclic) bond motifs is 1. The molecule has 0 saturated carbocycles. The lowest BCUT2D eigenvalue weighted by atomic mass is 9.85. The first-order chi connectivity index (χ1) is 18.8. The quantitative estimate of drug-likeness (QED) is 0.212. The Labute approximate surface area is 241 Å². The molecule has 0 bridgehead atoms. The van der Waals surface area contributed by atoms with E-state index < -0.39 is 11.8 Å². The number of thioether (sulfide) groups is 1. The van der Waals surface area contributed by atoms with Crippen LogP contribution in [0.1, 0.15) is 18.6 Å². The minimum Gasteiger partial charge on any atom is -0.468 e. The number of carbonyl (C=O) groups is 2. The van der Waals surface area contributed by atoms with Crippen molar-refractivity contribution in [3.8, 4) is 6.07 Å². The molecule has 12 heteroatoms. The lowest BCUT2D eigenvalue weighted by Gasteiger charge is -2.28. The van der Waals surface area contributed by atoms with Crippen LogP contribution in [0.4, 0.5) is 10.8 Å². The number of benzene rings is 2. The first kappa shape index (κ1) is 26.8. The van der Waals surface area contributed by atoms with Gasteiger partial charge in [0.15, 0.2) is 5.13 Å². The summed E-state index contributed by atoms with van der Waals surface area (Å²) in [6.07, 6.45) is 1.48. The third-order valence-electron chi connectivity index (χ3n) is 5.79. The number of halogens is 2. The number of thiazole rings is 1. The highest BCUT2D eigenvalue weighted by Gasteiger charge is 2.36. The summed E-state index contributed by atoms with van der Waals surface area (Å²) in [5.41, 5.74) is 2.23. The average Bonchev–Trinajstić information content (AvgIpc) is 3.58. The number of nitrogens with zero attached hydrogens (tertiary/aromatic N) is 2. The second-order valence-electron chi connectivity index (χ2n) is 8.37. The van der Waals surface area contributed by atoms with E-state index in [1.54, 1.807) is 31.2 Å². The number of furan rings is 1. The molecule has 0 fully saturated rings. The molecular formula is C27H19Cl2N5O3S2. The molecule has 0 saturated heterocycles. The molecule has 0 aliphatic carbocycles. The number of anilines is 2. The SMILES string of the molecule is CC1=C(C(=O)Nc2ccc(Cl)cc2Cl)[C@H](c2ccco2)C(C#N)=C(SCC(=O)Nc2nc3ccccc3s2)N1. The Morgan fingerprint density at radius 2 is 2.00 bits per heavy atom. The molecule has 2 aromatic carbocycles. The van der Waals surface area contributed by atoms with Gasteiger partial charge < -0.3 is 20.4 Å². The van der Waals surface area contributed by atoms with Crippen molar-refractivity contribution in [3.05, 3.63) is 98.5 Å². The maximum atomic E-state index is 13.5. The minimum atomic E-state index is -0.799. The van der Waals surface area contributed by atoms with Crippen molar-refractivity contribution in [3.63, 3.8) is 0 Å². The molecule has 2 aromatic heterocycles. The summed E-state index contributed by atoms with van der Waals surface area (Å²) in [7, 11) is 0. The summed E-state index contributed by atoms with van der Waals surface area (Å²) in [5, 5.41) is 20.6. The highest BCUT2D eigenvalue weighted by Crippen LogP contribution is 2.41. The molecule has 3 N–H and O–H groups in total. The van der Waals surface area contributed by atoms with Crippen LogP contribution in [-0.2, 0) is 9.59 Å². The molecule has 1 atom stereocenters. The molecule has 3 heterocycles. The van der Waals surface area contributed by atoms with Crippen LogP contribution in [-0.4, -0.2) is 22.6 Å². The number of hydrogen-bond acceptors (Lipinski definition) is 8. The number of hydrogen-bond donors (Lipinski definition) is 3. The number of allylic oxidation sites excluding steroid dienone is 2. The van der Waals surface area contributed by atoms with Crippen LogP contribution in [0.5, 0.6) is 0 Å². The molecule has 0 radical (unpaired) electrons. The van der Waals surface area contributed by atoms with Gasteiger partial charge in [0.1, 0.15) is 5.76 Å². The predicted octanol–water partition coefficient (Wildman–Crippen LogP) is 6.90. The second-order valence-corrected chi connectivity index (χ2v) is 11.2. The second kappa shape index (κ2) is 11.6. The number of aromatic nitrogens is 1. The molecule has 4 aromatic rings. The number of nitrogens with one attached hydrogen (secondary N) is 3. The van der Waals surface area contributed by atoms with Gasteiger partial charge in [-0.15, -0.1) is 0 Å². The van der Waals surface area contributed by atoms with E-state index in [2.05, 4.69) is 27.0 Å². The summed E-state index contributed by atoms with van der Waals surface area (Å²) in [6, 6.07) is 17.9. The van der Waals surface area contributed by atoms with E-state index in [0.29, 0.717) is 32.3 Å². The predicted molar refractivity (Wildman–Crippen MR) is 156 cm³/mol. The summed E-state index contributed by atoms with van der Waals surface area (Å²) in [5.74, 6) is -1.11. The number of carbonyl (C=O) groups excluding carboxylic acids is 2. The van der Waals surface area contributed by atoms with Gasteiger partial charge in [-0.05, 0) is 49.4 Å². The van der Waals surface area contributed by atoms with Crippen LogP contribution in [0.25, 0.3) is 10.2 Å². The number of dihydropyridines is 1. The molecule has 1 aliphatic heterocycles. The van der Waals surface area contributed by atoms with Gasteiger partial charge in [0.05, 0.1) is 61.1 Å². The van der Waals surface area contributed by atoms with Crippen LogP contribution >= 0.6 is 46.3 Å². The molecule has 0 unspecified atom stereocenters. The van der Waals surface area contributed by atoms with Gasteiger partial charge in [0, 0.05) is 10.7 Å². The Kier molecular flexibility index (Phi) is 7.95. The molecular weight excluding hydrogens is 577 g/mol. The van der Waals surface area contributed by atoms with Gasteiger partial charge in [-0.25, -0.2) is 4.98 Å². The van der Waals surface area contributed by atoms with Crippen molar-refractivity contribution in [2.45, 2.75) is 12.8 Å². The van der Waals surface area contributed by atoms with Gasteiger partial charge in [-0.3, -0.25) is 9.59 Å². The van der Waals surface area contributed by atoms with E-state index in [-0.39, 0.29) is 27.8 Å². The van der Waals surface area contributed by atoms with Crippen molar-refractivity contribution >= 4 is 79.2 Å². The Morgan fingerprint density at radius 1 is 1.18 bits per heavy atom. The third kappa shape index (κ3) is 5.82. The Balaban J connectivity index is 1.38. The molecule has 1 aliphatic rings. The maximum Gasteiger partial charge on any atom is 0.254 e. The number of nitriles is 1. The number of rotatable bonds is 7. The van der Waals surface area contributed by atoms with E-state index in [1.807, 2.05) is 24.3 Å². The Bertz CT molecular complexity index is 1660. The zero-order valence-corrected chi connectivity index (χ0v) is 23.4. The molecule has 39 heavy (non-hydrogen) atoms. The van der Waals surface area contributed by atoms with Crippen molar-refractivity contribution < 1.29 is 14.0 Å². The van der Waals surface area contributed by atoms with Crippen molar-refractivity contribution in [1.29, 1.82) is 5.26 Å². The van der Waals surface area contributed by atoms with Crippen LogP contribution in [0, 0.1) is 11.3 Å². The molecule has 196 valence electrons. The van der Waals surface area contributed by atoms with E-state index >= 15 is 0 Å². The van der Waals surface area contributed by atoms with Gasteiger partial charge >= 0.3 is 0 Å². The van der Waals surface area contributed by atoms with Crippen molar-refractivity contribution in [2.24, 2.45) is 0 Å². The highest BCUT2D eigenvalue weighted by atomic mass is 35.5. The first-order valence-electron chi connectivity index (χ1n) is 11.5. The topological polar surface area (TPSA) is 120 Å². The van der Waals surface area contributed by atoms with E-state index in [1.165, 1.54) is 23.7 Å². The standard InChI is InChI=1S/C27H19Cl2N5O3S2/c1-14-23(25(36)32-18-9-8-15(28)11-17(18)29)24(20-6-4-10-37-20)16(12-30)26(31-14)38-13-22(35)34-27-33-19-5-2-3-7-21(19)39-27/h2-11,24,31H,13H2,1H3,(H,32,36)(H,33,34,35)/t24-/m0/s1. The Hall–Kier alpha value is -3.75. The van der Waals surface area contributed by atoms with Gasteiger partial charge in [0.25, 0.3) is 5.91 Å². The number of amides is 2. The van der Waals surface area contributed by atoms with Gasteiger partial charge in [-0.1, -0.05) is 58.4 Å². The molecule has 5 rings (SSSR count). The van der Waals surface area contributed by atoms with E-state index in [9.17, 15) is 14.9 Å². The maximum absolute atomic E-state index is 13.5. The average molecular weight is 597 g/mol. The normalized spacial score (nSPS) is 15.2. The fourth-order valence-electron chi connectivity index (χ4n) is 4.07. The molecule has 2 amide bonds. The van der Waals surface area contributed by atoms with E-state index in [4.69, 9.17) is 27.6 Å². The summed E-state index contributed by atoms with van der Waals surface area (Å²) in [4.78, 5) is 30.6. The summed E-state index contributed by atoms with van der Waals surface area (Å²) in [6.45, 7) is 1.73.